The van der Waals surface area contributed by atoms with E-state index in [1.807, 2.05) is 18.2 Å². The van der Waals surface area contributed by atoms with Crippen LogP contribution in [0.5, 0.6) is 0 Å². The Morgan fingerprint density at radius 1 is 1.04 bits per heavy atom. The number of fused-ring (bicyclic) bond motifs is 1. The second-order valence-electron chi connectivity index (χ2n) is 6.02. The summed E-state index contributed by atoms with van der Waals surface area (Å²) in [4.78, 5) is 31.8. The number of anilines is 1. The molecular weight excluding hydrogens is 314 g/mol. The third kappa shape index (κ3) is 4.12. The highest BCUT2D eigenvalue weighted by Crippen LogP contribution is 2.19. The molecule has 3 rings (SSSR count). The van der Waals surface area contributed by atoms with Crippen molar-refractivity contribution in [1.29, 1.82) is 0 Å². The molecule has 0 aliphatic heterocycles. The Morgan fingerprint density at radius 3 is 2.60 bits per heavy atom. The normalized spacial score (nSPS) is 10.8. The van der Waals surface area contributed by atoms with Gasteiger partial charge in [-0.2, -0.15) is 0 Å². The molecule has 0 radical (unpaired) electrons. The zero-order valence-corrected chi connectivity index (χ0v) is 14.2. The third-order valence-corrected chi connectivity index (χ3v) is 4.05. The summed E-state index contributed by atoms with van der Waals surface area (Å²) in [6, 6.07) is 14.5. The van der Waals surface area contributed by atoms with E-state index >= 15 is 0 Å². The van der Waals surface area contributed by atoms with Crippen LogP contribution in [0.4, 0.5) is 5.95 Å². The lowest BCUT2D eigenvalue weighted by Crippen LogP contribution is -2.12. The molecule has 0 saturated carbocycles. The van der Waals surface area contributed by atoms with Crippen LogP contribution in [0.25, 0.3) is 11.0 Å². The molecule has 1 amide bonds. The van der Waals surface area contributed by atoms with Crippen molar-refractivity contribution in [1.82, 2.24) is 9.97 Å². The highest BCUT2D eigenvalue weighted by molar-refractivity contribution is 6.10. The summed E-state index contributed by atoms with van der Waals surface area (Å²) in [7, 11) is 0. The lowest BCUT2D eigenvalue weighted by atomic mass is 10.0. The average molecular weight is 335 g/mol. The molecule has 0 unspecified atom stereocenters. The summed E-state index contributed by atoms with van der Waals surface area (Å²) in [6.45, 7) is 2.10. The number of nitrogens with zero attached hydrogens (tertiary/aromatic N) is 1. The SMILES string of the molecule is CCCCCC(=O)Nc1nc2ccc(C(=O)c3ccccc3)cc2[nH]1. The summed E-state index contributed by atoms with van der Waals surface area (Å²) < 4.78 is 0. The third-order valence-electron chi connectivity index (χ3n) is 4.05. The number of amides is 1. The fraction of sp³-hybridized carbons (Fsp3) is 0.250. The number of carbonyl (C=O) groups is 2. The predicted octanol–water partition coefficient (Wildman–Crippen LogP) is 4.31. The largest absolute Gasteiger partial charge is 0.324 e. The minimum atomic E-state index is -0.0481. The van der Waals surface area contributed by atoms with Gasteiger partial charge in [0.1, 0.15) is 0 Å². The molecule has 2 aromatic carbocycles. The lowest BCUT2D eigenvalue weighted by Gasteiger charge is -2.01. The zero-order valence-electron chi connectivity index (χ0n) is 14.2. The van der Waals surface area contributed by atoms with E-state index in [1.54, 1.807) is 30.3 Å². The van der Waals surface area contributed by atoms with Gasteiger partial charge in [-0.05, 0) is 24.6 Å². The highest BCUT2D eigenvalue weighted by Gasteiger charge is 2.12. The second-order valence-corrected chi connectivity index (χ2v) is 6.02. The molecule has 25 heavy (non-hydrogen) atoms. The van der Waals surface area contributed by atoms with Gasteiger partial charge >= 0.3 is 0 Å². The van der Waals surface area contributed by atoms with Gasteiger partial charge in [-0.15, -0.1) is 0 Å². The Morgan fingerprint density at radius 2 is 1.84 bits per heavy atom. The Hall–Kier alpha value is -2.95. The van der Waals surface area contributed by atoms with Gasteiger partial charge in [0.15, 0.2) is 5.78 Å². The van der Waals surface area contributed by atoms with Crippen molar-refractivity contribution in [3.8, 4) is 0 Å². The van der Waals surface area contributed by atoms with E-state index in [2.05, 4.69) is 22.2 Å². The van der Waals surface area contributed by atoms with Gasteiger partial charge in [0.2, 0.25) is 11.9 Å². The van der Waals surface area contributed by atoms with E-state index in [0.717, 1.165) is 24.8 Å². The molecule has 1 aromatic heterocycles. The molecule has 0 bridgehead atoms. The maximum Gasteiger partial charge on any atom is 0.226 e. The van der Waals surface area contributed by atoms with Gasteiger partial charge in [0.05, 0.1) is 11.0 Å². The number of rotatable bonds is 7. The number of carbonyl (C=O) groups excluding carboxylic acids is 2. The van der Waals surface area contributed by atoms with E-state index in [-0.39, 0.29) is 11.7 Å². The molecule has 0 atom stereocenters. The number of nitrogens with one attached hydrogen (secondary N) is 2. The topological polar surface area (TPSA) is 74.8 Å². The van der Waals surface area contributed by atoms with Crippen molar-refractivity contribution in [2.24, 2.45) is 0 Å². The molecule has 3 aromatic rings. The van der Waals surface area contributed by atoms with Crippen molar-refractivity contribution in [3.63, 3.8) is 0 Å². The van der Waals surface area contributed by atoms with Crippen molar-refractivity contribution in [2.45, 2.75) is 32.6 Å². The molecule has 5 nitrogen and oxygen atoms in total. The van der Waals surface area contributed by atoms with Crippen LogP contribution in [0.15, 0.2) is 48.5 Å². The minimum Gasteiger partial charge on any atom is -0.324 e. The number of hydrogen-bond donors (Lipinski definition) is 2. The number of ketones is 1. The Kier molecular flexibility index (Phi) is 5.23. The van der Waals surface area contributed by atoms with Crippen LogP contribution in [-0.2, 0) is 4.79 Å². The second kappa shape index (κ2) is 7.75. The first-order valence-electron chi connectivity index (χ1n) is 8.56. The molecule has 0 spiro atoms. The summed E-state index contributed by atoms with van der Waals surface area (Å²) >= 11 is 0. The van der Waals surface area contributed by atoms with E-state index in [0.29, 0.717) is 29.0 Å². The molecule has 1 heterocycles. The van der Waals surface area contributed by atoms with Crippen LogP contribution in [-0.4, -0.2) is 21.7 Å². The number of hydrogen-bond acceptors (Lipinski definition) is 3. The standard InChI is InChI=1S/C20H21N3O2/c1-2-3-5-10-18(24)23-20-21-16-12-11-15(13-17(16)22-20)19(25)14-8-6-4-7-9-14/h4,6-9,11-13H,2-3,5,10H2,1H3,(H2,21,22,23,24). The van der Waals surface area contributed by atoms with Crippen molar-refractivity contribution in [2.75, 3.05) is 5.32 Å². The van der Waals surface area contributed by atoms with Crippen LogP contribution < -0.4 is 5.32 Å². The van der Waals surface area contributed by atoms with Crippen molar-refractivity contribution in [3.05, 3.63) is 59.7 Å². The predicted molar refractivity (Wildman–Crippen MR) is 98.7 cm³/mol. The fourth-order valence-corrected chi connectivity index (χ4v) is 2.70. The monoisotopic (exact) mass is 335 g/mol. The van der Waals surface area contributed by atoms with Crippen LogP contribution in [0, 0.1) is 0 Å². The van der Waals surface area contributed by atoms with Crippen LogP contribution in [0.1, 0.15) is 48.5 Å². The molecule has 0 aliphatic rings. The summed E-state index contributed by atoms with van der Waals surface area (Å²) in [5, 5.41) is 2.78. The first-order valence-corrected chi connectivity index (χ1v) is 8.56. The Bertz CT molecular complexity index is 884. The van der Waals surface area contributed by atoms with Crippen molar-refractivity contribution >= 4 is 28.7 Å². The number of H-pyrrole nitrogens is 1. The number of aromatic nitrogens is 2. The molecule has 0 saturated heterocycles. The number of aromatic amines is 1. The summed E-state index contributed by atoms with van der Waals surface area (Å²) in [5.41, 5.74) is 2.67. The summed E-state index contributed by atoms with van der Waals surface area (Å²) in [5.74, 6) is 0.330. The Labute approximate surface area is 146 Å². The molecule has 0 fully saturated rings. The van der Waals surface area contributed by atoms with E-state index in [4.69, 9.17) is 0 Å². The van der Waals surface area contributed by atoms with Crippen LogP contribution >= 0.6 is 0 Å². The van der Waals surface area contributed by atoms with Crippen LogP contribution in [0.2, 0.25) is 0 Å². The summed E-state index contributed by atoms with van der Waals surface area (Å²) in [6.07, 6.45) is 3.48. The first kappa shape index (κ1) is 16.9. The average Bonchev–Trinajstić information content (AvgIpc) is 3.03. The molecule has 5 heteroatoms. The quantitative estimate of drug-likeness (QED) is 0.499. The highest BCUT2D eigenvalue weighted by atomic mass is 16.1. The maximum atomic E-state index is 12.5. The van der Waals surface area contributed by atoms with Gasteiger partial charge in [0, 0.05) is 17.5 Å². The first-order chi connectivity index (χ1) is 12.2. The van der Waals surface area contributed by atoms with E-state index < -0.39 is 0 Å². The molecule has 0 aliphatic carbocycles. The smallest absolute Gasteiger partial charge is 0.226 e. The number of unbranched alkanes of at least 4 members (excludes halogenated alkanes) is 2. The van der Waals surface area contributed by atoms with Crippen LogP contribution in [0.3, 0.4) is 0 Å². The van der Waals surface area contributed by atoms with Gasteiger partial charge in [-0.3, -0.25) is 14.9 Å². The minimum absolute atomic E-state index is 0.0396. The van der Waals surface area contributed by atoms with E-state index in [9.17, 15) is 9.59 Å². The van der Waals surface area contributed by atoms with E-state index in [1.165, 1.54) is 0 Å². The maximum absolute atomic E-state index is 12.5. The fourth-order valence-electron chi connectivity index (χ4n) is 2.70. The Balaban J connectivity index is 1.75. The van der Waals surface area contributed by atoms with Gasteiger partial charge in [-0.1, -0.05) is 50.1 Å². The van der Waals surface area contributed by atoms with Gasteiger partial charge < -0.3 is 4.98 Å². The van der Waals surface area contributed by atoms with Gasteiger partial charge in [0.25, 0.3) is 0 Å². The van der Waals surface area contributed by atoms with Gasteiger partial charge in [-0.25, -0.2) is 4.98 Å². The lowest BCUT2D eigenvalue weighted by molar-refractivity contribution is -0.116. The zero-order chi connectivity index (χ0) is 17.6. The molecule has 2 N–H and O–H groups in total. The number of imidazole rings is 1. The van der Waals surface area contributed by atoms with Crippen molar-refractivity contribution < 1.29 is 9.59 Å². The molecule has 128 valence electrons. The number of benzene rings is 2. The molecular formula is C20H21N3O2.